The van der Waals surface area contributed by atoms with E-state index in [1.807, 2.05) is 0 Å². The van der Waals surface area contributed by atoms with E-state index in [0.29, 0.717) is 32.3 Å². The highest BCUT2D eigenvalue weighted by molar-refractivity contribution is 6.44. The third-order valence-electron chi connectivity index (χ3n) is 5.97. The van der Waals surface area contributed by atoms with Gasteiger partial charge in [-0.05, 0) is 43.6 Å². The van der Waals surface area contributed by atoms with Crippen LogP contribution in [0.25, 0.3) is 0 Å². The summed E-state index contributed by atoms with van der Waals surface area (Å²) in [5.74, 6) is -0.978. The van der Waals surface area contributed by atoms with Crippen molar-refractivity contribution >= 4 is 24.9 Å². The first-order valence-electron chi connectivity index (χ1n) is 10.3. The van der Waals surface area contributed by atoms with Crippen molar-refractivity contribution in [2.24, 2.45) is 5.92 Å². The van der Waals surface area contributed by atoms with E-state index < -0.39 is 13.1 Å². The number of likely N-dealkylation sites (tertiary alicyclic amines) is 1. The molecule has 1 aromatic rings. The number of ether oxygens (including phenoxy) is 1. The molecule has 9 nitrogen and oxygen atoms in total. The molecule has 160 valence electrons. The quantitative estimate of drug-likeness (QED) is 0.604. The second-order valence-electron chi connectivity index (χ2n) is 8.23. The van der Waals surface area contributed by atoms with Crippen LogP contribution in [0.1, 0.15) is 42.1 Å². The van der Waals surface area contributed by atoms with Gasteiger partial charge in [-0.3, -0.25) is 9.59 Å². The van der Waals surface area contributed by atoms with Gasteiger partial charge < -0.3 is 29.7 Å². The fraction of sp³-hybridized carbons (Fsp3) is 0.550. The minimum absolute atomic E-state index is 0.0498. The summed E-state index contributed by atoms with van der Waals surface area (Å²) in [7, 11) is -1.03. The van der Waals surface area contributed by atoms with Crippen molar-refractivity contribution in [1.82, 2.24) is 10.2 Å². The normalized spacial score (nSPS) is 23.3. The van der Waals surface area contributed by atoms with Crippen molar-refractivity contribution in [3.05, 3.63) is 23.3 Å². The number of rotatable bonds is 5. The predicted octanol–water partition coefficient (Wildman–Crippen LogP) is 0.695. The highest BCUT2D eigenvalue weighted by atomic mass is 16.5. The number of carbonyl (C=O) groups excluding carboxylic acids is 2. The molecule has 1 saturated heterocycles. The van der Waals surface area contributed by atoms with Gasteiger partial charge >= 0.3 is 13.1 Å². The smallest absolute Gasteiger partial charge is 0.522 e. The summed E-state index contributed by atoms with van der Waals surface area (Å²) in [4.78, 5) is 37.4. The molecule has 2 fully saturated rings. The molecule has 0 spiro atoms. The topological polar surface area (TPSA) is 125 Å². The number of aryl methyl sites for hydroxylation is 1. The van der Waals surface area contributed by atoms with E-state index in [9.17, 15) is 24.5 Å². The Bertz CT molecular complexity index is 871. The summed E-state index contributed by atoms with van der Waals surface area (Å²) in [6, 6.07) is 3.42. The van der Waals surface area contributed by atoms with E-state index in [2.05, 4.69) is 5.32 Å². The molecule has 0 bridgehead atoms. The summed E-state index contributed by atoms with van der Waals surface area (Å²) < 4.78 is 11.2. The predicted molar refractivity (Wildman–Crippen MR) is 106 cm³/mol. The van der Waals surface area contributed by atoms with Crippen LogP contribution in [0.2, 0.25) is 6.32 Å². The zero-order valence-corrected chi connectivity index (χ0v) is 16.8. The molecule has 2 heterocycles. The van der Waals surface area contributed by atoms with Gasteiger partial charge in [-0.2, -0.15) is 0 Å². The first-order chi connectivity index (χ1) is 14.3. The highest BCUT2D eigenvalue weighted by Crippen LogP contribution is 2.37. The maximum absolute atomic E-state index is 12.7. The summed E-state index contributed by atoms with van der Waals surface area (Å²) >= 11 is 0. The molecule has 0 aromatic heterocycles. The first kappa shape index (κ1) is 20.5. The number of hydrogen-bond acceptors (Lipinski definition) is 6. The second-order valence-corrected chi connectivity index (χ2v) is 8.23. The SMILES string of the molecule is CC(=O)N[C@H]1CC[C@H](C(=O)N2CC(Oc3ccc4c(c3C(=O)O)OB(O)CC4)C2)C1. The van der Waals surface area contributed by atoms with Crippen LogP contribution in [0, 0.1) is 5.92 Å². The Hall–Kier alpha value is -2.75. The number of carboxylic acid groups (broad SMARTS) is 1. The maximum Gasteiger partial charge on any atom is 0.522 e. The van der Waals surface area contributed by atoms with Crippen LogP contribution in [0.3, 0.4) is 0 Å². The molecule has 4 rings (SSSR count). The largest absolute Gasteiger partial charge is 0.535 e. The van der Waals surface area contributed by atoms with Crippen molar-refractivity contribution in [2.45, 2.75) is 51.1 Å². The van der Waals surface area contributed by atoms with E-state index in [4.69, 9.17) is 9.39 Å². The van der Waals surface area contributed by atoms with Gasteiger partial charge in [0.1, 0.15) is 23.2 Å². The molecule has 3 N–H and O–H groups in total. The van der Waals surface area contributed by atoms with E-state index in [-0.39, 0.29) is 46.9 Å². The van der Waals surface area contributed by atoms with Gasteiger partial charge in [0, 0.05) is 18.9 Å². The van der Waals surface area contributed by atoms with Crippen molar-refractivity contribution in [3.8, 4) is 11.5 Å². The van der Waals surface area contributed by atoms with Crippen LogP contribution in [-0.4, -0.2) is 65.2 Å². The Morgan fingerprint density at radius 1 is 1.27 bits per heavy atom. The molecule has 1 aromatic carbocycles. The molecular formula is C20H25BN2O7. The van der Waals surface area contributed by atoms with Gasteiger partial charge in [0.05, 0.1) is 13.1 Å². The Kier molecular flexibility index (Phi) is 5.59. The molecule has 2 amide bonds. The van der Waals surface area contributed by atoms with Gasteiger partial charge in [-0.25, -0.2) is 4.79 Å². The van der Waals surface area contributed by atoms with Gasteiger partial charge in [0.2, 0.25) is 11.8 Å². The number of hydrogen-bond donors (Lipinski definition) is 3. The Labute approximate surface area is 174 Å². The highest BCUT2D eigenvalue weighted by Gasteiger charge is 2.40. The minimum Gasteiger partial charge on any atom is -0.535 e. The number of carboxylic acids is 1. The summed E-state index contributed by atoms with van der Waals surface area (Å²) in [5.41, 5.74) is 0.635. The van der Waals surface area contributed by atoms with Crippen molar-refractivity contribution in [2.75, 3.05) is 13.1 Å². The van der Waals surface area contributed by atoms with Gasteiger partial charge in [0.25, 0.3) is 0 Å². The number of carbonyl (C=O) groups is 3. The lowest BCUT2D eigenvalue weighted by atomic mass is 9.78. The first-order valence-corrected chi connectivity index (χ1v) is 10.3. The number of benzene rings is 1. The minimum atomic E-state index is -1.18. The molecule has 30 heavy (non-hydrogen) atoms. The lowest BCUT2D eigenvalue weighted by Crippen LogP contribution is -2.57. The van der Waals surface area contributed by atoms with Crippen LogP contribution in [0.15, 0.2) is 12.1 Å². The zero-order valence-electron chi connectivity index (χ0n) is 16.8. The van der Waals surface area contributed by atoms with Crippen molar-refractivity contribution < 1.29 is 33.9 Å². The third kappa shape index (κ3) is 4.09. The van der Waals surface area contributed by atoms with Gasteiger partial charge in [0.15, 0.2) is 0 Å². The lowest BCUT2D eigenvalue weighted by Gasteiger charge is -2.40. The average molecular weight is 416 g/mol. The van der Waals surface area contributed by atoms with Crippen LogP contribution in [0.5, 0.6) is 11.5 Å². The van der Waals surface area contributed by atoms with E-state index in [1.165, 1.54) is 6.92 Å². The number of amides is 2. The van der Waals surface area contributed by atoms with Gasteiger partial charge in [-0.1, -0.05) is 6.07 Å². The van der Waals surface area contributed by atoms with E-state index in [0.717, 1.165) is 18.4 Å². The van der Waals surface area contributed by atoms with Crippen LogP contribution >= 0.6 is 0 Å². The number of aromatic carboxylic acids is 1. The second kappa shape index (κ2) is 8.18. The monoisotopic (exact) mass is 416 g/mol. The molecule has 10 heteroatoms. The molecule has 3 aliphatic rings. The summed E-state index contributed by atoms with van der Waals surface area (Å²) in [6.07, 6.45) is 2.84. The summed E-state index contributed by atoms with van der Waals surface area (Å²) in [6.45, 7) is 2.25. The van der Waals surface area contributed by atoms with Crippen LogP contribution < -0.4 is 14.7 Å². The molecule has 2 aliphatic heterocycles. The Morgan fingerprint density at radius 3 is 2.73 bits per heavy atom. The van der Waals surface area contributed by atoms with Crippen molar-refractivity contribution in [1.29, 1.82) is 0 Å². The third-order valence-corrected chi connectivity index (χ3v) is 5.97. The number of fused-ring (bicyclic) bond motifs is 1. The van der Waals surface area contributed by atoms with Crippen LogP contribution in [-0.2, 0) is 16.0 Å². The fourth-order valence-corrected chi connectivity index (χ4v) is 4.47. The Balaban J connectivity index is 1.36. The molecule has 1 aliphatic carbocycles. The van der Waals surface area contributed by atoms with Crippen molar-refractivity contribution in [3.63, 3.8) is 0 Å². The Morgan fingerprint density at radius 2 is 2.03 bits per heavy atom. The average Bonchev–Trinajstić information content (AvgIpc) is 3.10. The molecule has 2 atom stereocenters. The van der Waals surface area contributed by atoms with E-state index in [1.54, 1.807) is 17.0 Å². The molecule has 0 unspecified atom stereocenters. The van der Waals surface area contributed by atoms with Gasteiger partial charge in [-0.15, -0.1) is 0 Å². The molecule has 0 radical (unpaired) electrons. The van der Waals surface area contributed by atoms with Crippen LogP contribution in [0.4, 0.5) is 0 Å². The van der Waals surface area contributed by atoms with E-state index >= 15 is 0 Å². The zero-order chi connectivity index (χ0) is 21.4. The summed E-state index contributed by atoms with van der Waals surface area (Å²) in [5, 5.41) is 22.3. The fourth-order valence-electron chi connectivity index (χ4n) is 4.47. The standard InChI is InChI=1S/C20H25BN2O7/c1-11(24)22-14-4-2-13(8-14)19(25)23-9-15(10-23)29-16-5-3-12-6-7-21(28)30-18(12)17(16)20(26)27/h3,5,13-15,28H,2,4,6-10H2,1H3,(H,22,24)(H,26,27)/t13-,14-/m0/s1. The number of nitrogens with one attached hydrogen (secondary N) is 1. The lowest BCUT2D eigenvalue weighted by molar-refractivity contribution is -0.144. The molecule has 1 saturated carbocycles. The maximum atomic E-state index is 12.7. The number of nitrogens with zero attached hydrogens (tertiary/aromatic N) is 1. The molecular weight excluding hydrogens is 391 g/mol.